The minimum Gasteiger partial charge on any atom is -0.359 e. The van der Waals surface area contributed by atoms with E-state index in [1.54, 1.807) is 0 Å². The minimum absolute atomic E-state index is 0.0328. The molecule has 0 radical (unpaired) electrons. The van der Waals surface area contributed by atoms with Crippen LogP contribution >= 0.6 is 12.2 Å². The zero-order chi connectivity index (χ0) is 17.2. The molecule has 0 bridgehead atoms. The SMILES string of the molecule is O=S1(=O)CC/C(=N/NC(=S)NC2CCCCC2)c2cc(F)ccc21. The van der Waals surface area contributed by atoms with E-state index in [0.717, 1.165) is 18.9 Å². The molecule has 24 heavy (non-hydrogen) atoms. The molecule has 1 aromatic carbocycles. The van der Waals surface area contributed by atoms with Gasteiger partial charge in [0.2, 0.25) is 0 Å². The molecule has 2 aliphatic rings. The molecule has 8 heteroatoms. The van der Waals surface area contributed by atoms with Crippen LogP contribution in [0, 0.1) is 5.82 Å². The molecule has 0 unspecified atom stereocenters. The van der Waals surface area contributed by atoms with E-state index in [0.29, 0.717) is 22.4 Å². The smallest absolute Gasteiger partial charge is 0.187 e. The first kappa shape index (κ1) is 17.3. The van der Waals surface area contributed by atoms with Crippen molar-refractivity contribution in [3.8, 4) is 0 Å². The Morgan fingerprint density at radius 3 is 2.75 bits per heavy atom. The molecule has 1 fully saturated rings. The van der Waals surface area contributed by atoms with Gasteiger partial charge < -0.3 is 5.32 Å². The maximum atomic E-state index is 13.5. The van der Waals surface area contributed by atoms with Gasteiger partial charge in [0.15, 0.2) is 14.9 Å². The Hall–Kier alpha value is -1.54. The van der Waals surface area contributed by atoms with Crippen molar-refractivity contribution in [3.05, 3.63) is 29.6 Å². The summed E-state index contributed by atoms with van der Waals surface area (Å²) in [5.74, 6) is -0.518. The summed E-state index contributed by atoms with van der Waals surface area (Å²) < 4.78 is 37.7. The van der Waals surface area contributed by atoms with Gasteiger partial charge in [-0.05, 0) is 43.3 Å². The van der Waals surface area contributed by atoms with Crippen molar-refractivity contribution in [2.75, 3.05) is 5.75 Å². The molecule has 130 valence electrons. The maximum absolute atomic E-state index is 13.5. The number of hydrogen-bond acceptors (Lipinski definition) is 4. The normalized spacial score (nSPS) is 22.0. The van der Waals surface area contributed by atoms with Gasteiger partial charge in [-0.1, -0.05) is 19.3 Å². The standard InChI is InChI=1S/C16H20FN3O2S2/c17-11-6-7-15-13(10-11)14(8-9-24(15,21)22)19-20-16(23)18-12-4-2-1-3-5-12/h6-7,10,12H,1-5,8-9H2,(H2,18,20,23)/b19-14-. The summed E-state index contributed by atoms with van der Waals surface area (Å²) in [5.41, 5.74) is 3.60. The highest BCUT2D eigenvalue weighted by molar-refractivity contribution is 7.91. The van der Waals surface area contributed by atoms with Crippen LogP contribution in [0.25, 0.3) is 0 Å². The Bertz CT molecular complexity index is 772. The van der Waals surface area contributed by atoms with E-state index in [1.807, 2.05) is 0 Å². The number of fused-ring (bicyclic) bond motifs is 1. The Morgan fingerprint density at radius 2 is 2.00 bits per heavy atom. The second-order valence-electron chi connectivity index (χ2n) is 6.19. The van der Waals surface area contributed by atoms with Crippen molar-refractivity contribution < 1.29 is 12.8 Å². The van der Waals surface area contributed by atoms with E-state index < -0.39 is 15.7 Å². The monoisotopic (exact) mass is 369 g/mol. The third-order valence-corrected chi connectivity index (χ3v) is 6.40. The van der Waals surface area contributed by atoms with Gasteiger partial charge in [-0.15, -0.1) is 0 Å². The molecule has 3 rings (SSSR count). The van der Waals surface area contributed by atoms with Gasteiger partial charge in [0.1, 0.15) is 5.82 Å². The van der Waals surface area contributed by atoms with Gasteiger partial charge in [0, 0.05) is 18.0 Å². The van der Waals surface area contributed by atoms with Gasteiger partial charge in [0.25, 0.3) is 0 Å². The fourth-order valence-corrected chi connectivity index (χ4v) is 4.86. The molecular formula is C16H20FN3O2S2. The highest BCUT2D eigenvalue weighted by atomic mass is 32.2. The van der Waals surface area contributed by atoms with E-state index in [4.69, 9.17) is 12.2 Å². The zero-order valence-corrected chi connectivity index (χ0v) is 14.9. The number of hydrogen-bond donors (Lipinski definition) is 2. The van der Waals surface area contributed by atoms with E-state index in [-0.39, 0.29) is 17.1 Å². The highest BCUT2D eigenvalue weighted by Crippen LogP contribution is 2.26. The van der Waals surface area contributed by atoms with Crippen LogP contribution in [0.1, 0.15) is 44.1 Å². The Kier molecular flexibility index (Phi) is 5.15. The number of nitrogens with zero attached hydrogens (tertiary/aromatic N) is 1. The van der Waals surface area contributed by atoms with E-state index in [1.165, 1.54) is 31.4 Å². The van der Waals surface area contributed by atoms with Crippen LogP contribution in [0.3, 0.4) is 0 Å². The molecule has 0 amide bonds. The van der Waals surface area contributed by atoms with E-state index >= 15 is 0 Å². The molecule has 0 aromatic heterocycles. The number of benzene rings is 1. The van der Waals surface area contributed by atoms with E-state index in [2.05, 4.69) is 15.8 Å². The lowest BCUT2D eigenvalue weighted by Crippen LogP contribution is -2.41. The van der Waals surface area contributed by atoms with Crippen molar-refractivity contribution in [2.24, 2.45) is 5.10 Å². The van der Waals surface area contributed by atoms with Crippen LogP contribution in [-0.4, -0.2) is 31.0 Å². The number of halogens is 1. The van der Waals surface area contributed by atoms with Gasteiger partial charge in [0.05, 0.1) is 16.4 Å². The quantitative estimate of drug-likeness (QED) is 0.476. The van der Waals surface area contributed by atoms with Gasteiger partial charge >= 0.3 is 0 Å². The Balaban J connectivity index is 1.73. The van der Waals surface area contributed by atoms with Crippen LogP contribution in [0.4, 0.5) is 4.39 Å². The third kappa shape index (κ3) is 3.92. The molecule has 0 saturated heterocycles. The summed E-state index contributed by atoms with van der Waals surface area (Å²) in [7, 11) is -3.38. The molecule has 0 atom stereocenters. The zero-order valence-electron chi connectivity index (χ0n) is 13.2. The summed E-state index contributed by atoms with van der Waals surface area (Å²) >= 11 is 5.25. The summed E-state index contributed by atoms with van der Waals surface area (Å²) in [5, 5.41) is 7.88. The van der Waals surface area contributed by atoms with Gasteiger partial charge in [-0.25, -0.2) is 12.8 Å². The molecular weight excluding hydrogens is 349 g/mol. The topological polar surface area (TPSA) is 70.6 Å². The number of nitrogens with one attached hydrogen (secondary N) is 2. The second-order valence-corrected chi connectivity index (χ2v) is 8.67. The second kappa shape index (κ2) is 7.14. The minimum atomic E-state index is -3.38. The molecule has 2 N–H and O–H groups in total. The van der Waals surface area contributed by atoms with E-state index in [9.17, 15) is 12.8 Å². The molecule has 1 aliphatic heterocycles. The van der Waals surface area contributed by atoms with Crippen molar-refractivity contribution in [3.63, 3.8) is 0 Å². The van der Waals surface area contributed by atoms with Crippen LogP contribution in [0.15, 0.2) is 28.2 Å². The summed E-state index contributed by atoms with van der Waals surface area (Å²) in [6.45, 7) is 0. The number of sulfone groups is 1. The van der Waals surface area contributed by atoms with Crippen LogP contribution < -0.4 is 10.7 Å². The molecule has 1 saturated carbocycles. The third-order valence-electron chi connectivity index (χ3n) is 4.43. The van der Waals surface area contributed by atoms with Crippen LogP contribution in [0.5, 0.6) is 0 Å². The average molecular weight is 369 g/mol. The van der Waals surface area contributed by atoms with Gasteiger partial charge in [-0.3, -0.25) is 5.43 Å². The van der Waals surface area contributed by atoms with Gasteiger partial charge in [-0.2, -0.15) is 5.10 Å². The Labute approximate surface area is 146 Å². The predicted molar refractivity (Wildman–Crippen MR) is 95.3 cm³/mol. The lowest BCUT2D eigenvalue weighted by molar-refractivity contribution is 0.412. The maximum Gasteiger partial charge on any atom is 0.187 e. The summed E-state index contributed by atoms with van der Waals surface area (Å²) in [6.07, 6.45) is 6.06. The van der Waals surface area contributed by atoms with Crippen molar-refractivity contribution >= 4 is 32.9 Å². The van der Waals surface area contributed by atoms with Crippen molar-refractivity contribution in [2.45, 2.75) is 49.5 Å². The lowest BCUT2D eigenvalue weighted by atomic mass is 9.96. The first-order valence-electron chi connectivity index (χ1n) is 8.11. The molecule has 0 spiro atoms. The number of thiocarbonyl (C=S) groups is 1. The number of hydrazone groups is 1. The van der Waals surface area contributed by atoms with Crippen LogP contribution in [0.2, 0.25) is 0 Å². The summed E-state index contributed by atoms with van der Waals surface area (Å²) in [6, 6.07) is 4.02. The lowest BCUT2D eigenvalue weighted by Gasteiger charge is -2.24. The fraction of sp³-hybridized carbons (Fsp3) is 0.500. The molecule has 1 aliphatic carbocycles. The molecule has 1 heterocycles. The van der Waals surface area contributed by atoms with Crippen molar-refractivity contribution in [1.29, 1.82) is 0 Å². The average Bonchev–Trinajstić information content (AvgIpc) is 2.55. The highest BCUT2D eigenvalue weighted by Gasteiger charge is 2.28. The largest absolute Gasteiger partial charge is 0.359 e. The molecule has 5 nitrogen and oxygen atoms in total. The Morgan fingerprint density at radius 1 is 1.25 bits per heavy atom. The summed E-state index contributed by atoms with van der Waals surface area (Å²) in [4.78, 5) is 0.127. The number of rotatable bonds is 2. The molecule has 1 aromatic rings. The fourth-order valence-electron chi connectivity index (χ4n) is 3.17. The first-order chi connectivity index (χ1) is 11.5. The first-order valence-corrected chi connectivity index (χ1v) is 10.2. The predicted octanol–water partition coefficient (Wildman–Crippen LogP) is 2.50. The van der Waals surface area contributed by atoms with Crippen LogP contribution in [-0.2, 0) is 9.84 Å². The van der Waals surface area contributed by atoms with Crippen molar-refractivity contribution in [1.82, 2.24) is 10.7 Å².